The van der Waals surface area contributed by atoms with Gasteiger partial charge in [-0.2, -0.15) is 0 Å². The summed E-state index contributed by atoms with van der Waals surface area (Å²) < 4.78 is 0. The van der Waals surface area contributed by atoms with Crippen molar-refractivity contribution in [1.29, 1.82) is 0 Å². The number of carboxylic acids is 1. The molecule has 2 rings (SSSR count). The first-order valence-electron chi connectivity index (χ1n) is 6.90. The zero-order chi connectivity index (χ0) is 15.5. The Labute approximate surface area is 126 Å². The average Bonchev–Trinajstić information content (AvgIpc) is 2.90. The van der Waals surface area contributed by atoms with E-state index in [1.54, 1.807) is 10.3 Å². The fourth-order valence-electron chi connectivity index (χ4n) is 2.60. The zero-order valence-corrected chi connectivity index (χ0v) is 12.7. The van der Waals surface area contributed by atoms with Crippen LogP contribution in [0, 0.1) is 5.41 Å². The number of carbonyl (C=O) groups excluding carboxylic acids is 1. The van der Waals surface area contributed by atoms with E-state index in [9.17, 15) is 19.5 Å². The van der Waals surface area contributed by atoms with Crippen LogP contribution in [0.15, 0.2) is 10.2 Å². The van der Waals surface area contributed by atoms with Gasteiger partial charge in [0.1, 0.15) is 0 Å². The van der Waals surface area contributed by atoms with Crippen molar-refractivity contribution in [1.82, 2.24) is 15.2 Å². The number of thiazole rings is 1. The van der Waals surface area contributed by atoms with Crippen LogP contribution in [-0.4, -0.2) is 40.1 Å². The first kappa shape index (κ1) is 15.6. The Morgan fingerprint density at radius 3 is 2.90 bits per heavy atom. The van der Waals surface area contributed by atoms with Crippen LogP contribution < -0.4 is 10.2 Å². The average molecular weight is 313 g/mol. The number of nitrogens with one attached hydrogen (secondary N) is 2. The largest absolute Gasteiger partial charge is 0.481 e. The highest BCUT2D eigenvalue weighted by molar-refractivity contribution is 7.07. The van der Waals surface area contributed by atoms with Gasteiger partial charge in [0.2, 0.25) is 0 Å². The molecule has 0 bridgehead atoms. The van der Waals surface area contributed by atoms with E-state index < -0.39 is 11.4 Å². The molecule has 21 heavy (non-hydrogen) atoms. The number of carbonyl (C=O) groups is 2. The Morgan fingerprint density at radius 1 is 1.57 bits per heavy atom. The third-order valence-electron chi connectivity index (χ3n) is 4.00. The Kier molecular flexibility index (Phi) is 4.66. The lowest BCUT2D eigenvalue weighted by Crippen LogP contribution is -2.52. The van der Waals surface area contributed by atoms with E-state index in [1.165, 1.54) is 0 Å². The summed E-state index contributed by atoms with van der Waals surface area (Å²) in [5.74, 6) is -0.843. The van der Waals surface area contributed by atoms with Crippen molar-refractivity contribution in [3.05, 3.63) is 20.7 Å². The first-order chi connectivity index (χ1) is 9.97. The zero-order valence-electron chi connectivity index (χ0n) is 11.8. The number of likely N-dealkylation sites (tertiary alicyclic amines) is 1. The van der Waals surface area contributed by atoms with Crippen molar-refractivity contribution in [3.8, 4) is 0 Å². The normalized spacial score (nSPS) is 22.0. The van der Waals surface area contributed by atoms with Gasteiger partial charge in [0, 0.05) is 24.2 Å². The fraction of sp³-hybridized carbons (Fsp3) is 0.615. The predicted octanol–water partition coefficient (Wildman–Crippen LogP) is 1.22. The Balaban J connectivity index is 1.95. The van der Waals surface area contributed by atoms with Gasteiger partial charge in [-0.3, -0.25) is 9.59 Å². The topological polar surface area (TPSA) is 102 Å². The molecule has 0 radical (unpaired) electrons. The van der Waals surface area contributed by atoms with Gasteiger partial charge < -0.3 is 20.3 Å². The molecule has 1 aliphatic heterocycles. The molecular weight excluding hydrogens is 294 g/mol. The monoisotopic (exact) mass is 313 g/mol. The second-order valence-electron chi connectivity index (χ2n) is 5.30. The predicted molar refractivity (Wildman–Crippen MR) is 78.3 cm³/mol. The van der Waals surface area contributed by atoms with Crippen LogP contribution in [0.3, 0.4) is 0 Å². The maximum absolute atomic E-state index is 12.1. The van der Waals surface area contributed by atoms with Gasteiger partial charge in [0.05, 0.1) is 12.0 Å². The number of hydrogen-bond donors (Lipinski definition) is 3. The summed E-state index contributed by atoms with van der Waals surface area (Å²) in [6, 6.07) is -0.291. The maximum Gasteiger partial charge on any atom is 0.317 e. The molecule has 0 aliphatic carbocycles. The van der Waals surface area contributed by atoms with Crippen LogP contribution in [0.5, 0.6) is 0 Å². The van der Waals surface area contributed by atoms with E-state index in [-0.39, 0.29) is 24.0 Å². The molecule has 1 aliphatic rings. The molecule has 2 heterocycles. The van der Waals surface area contributed by atoms with Crippen LogP contribution >= 0.6 is 11.3 Å². The van der Waals surface area contributed by atoms with Crippen molar-refractivity contribution < 1.29 is 14.7 Å². The van der Waals surface area contributed by atoms with Crippen molar-refractivity contribution in [2.24, 2.45) is 5.41 Å². The van der Waals surface area contributed by atoms with Crippen molar-refractivity contribution in [3.63, 3.8) is 0 Å². The summed E-state index contributed by atoms with van der Waals surface area (Å²) in [5, 5.41) is 13.8. The lowest BCUT2D eigenvalue weighted by molar-refractivity contribution is -0.152. The highest BCUT2D eigenvalue weighted by Gasteiger charge is 2.42. The van der Waals surface area contributed by atoms with Gasteiger partial charge >= 0.3 is 16.9 Å². The minimum atomic E-state index is -0.843. The second-order valence-corrected chi connectivity index (χ2v) is 6.14. The van der Waals surface area contributed by atoms with Crippen LogP contribution in [-0.2, 0) is 11.3 Å². The number of H-pyrrole nitrogens is 1. The molecule has 1 unspecified atom stereocenters. The molecule has 2 amide bonds. The molecular formula is C13H19N3O4S. The molecule has 1 aromatic heterocycles. The number of urea groups is 1. The number of nitrogens with zero attached hydrogens (tertiary/aromatic N) is 1. The van der Waals surface area contributed by atoms with Crippen LogP contribution in [0.25, 0.3) is 0 Å². The number of rotatable bonds is 4. The van der Waals surface area contributed by atoms with Gasteiger partial charge in [-0.05, 0) is 19.3 Å². The van der Waals surface area contributed by atoms with Gasteiger partial charge in [-0.25, -0.2) is 4.79 Å². The minimum absolute atomic E-state index is 0.159. The molecule has 1 saturated heterocycles. The molecule has 0 saturated carbocycles. The molecule has 0 aromatic carbocycles. The number of aliphatic carboxylic acids is 1. The Hall–Kier alpha value is -1.83. The summed E-state index contributed by atoms with van der Waals surface area (Å²) in [5.41, 5.74) is -0.193. The number of hydrogen-bond acceptors (Lipinski definition) is 4. The third-order valence-corrected chi connectivity index (χ3v) is 4.71. The molecule has 1 atom stereocenters. The van der Waals surface area contributed by atoms with E-state index in [4.69, 9.17) is 0 Å². The summed E-state index contributed by atoms with van der Waals surface area (Å²) >= 11 is 1.05. The molecule has 8 heteroatoms. The molecule has 0 spiro atoms. The number of aromatic nitrogens is 1. The lowest BCUT2D eigenvalue weighted by Gasteiger charge is -2.39. The van der Waals surface area contributed by atoms with E-state index in [0.29, 0.717) is 31.5 Å². The summed E-state index contributed by atoms with van der Waals surface area (Å²) in [7, 11) is 0. The summed E-state index contributed by atoms with van der Waals surface area (Å²) in [6.07, 6.45) is 1.78. The number of amides is 2. The molecule has 1 aromatic rings. The molecule has 7 nitrogen and oxygen atoms in total. The maximum atomic E-state index is 12.1. The van der Waals surface area contributed by atoms with E-state index >= 15 is 0 Å². The number of aromatic amines is 1. The van der Waals surface area contributed by atoms with Gasteiger partial charge in [-0.15, -0.1) is 0 Å². The Bertz CT molecular complexity index is 582. The number of piperidine rings is 1. The van der Waals surface area contributed by atoms with Crippen molar-refractivity contribution in [2.75, 3.05) is 13.1 Å². The third kappa shape index (κ3) is 3.44. The minimum Gasteiger partial charge on any atom is -0.481 e. The summed E-state index contributed by atoms with van der Waals surface area (Å²) in [6.45, 7) is 2.86. The van der Waals surface area contributed by atoms with Crippen LogP contribution in [0.1, 0.15) is 31.9 Å². The molecule has 3 N–H and O–H groups in total. The Morgan fingerprint density at radius 2 is 2.33 bits per heavy atom. The second kappa shape index (κ2) is 6.30. The van der Waals surface area contributed by atoms with Crippen LogP contribution in [0.2, 0.25) is 0 Å². The van der Waals surface area contributed by atoms with Crippen molar-refractivity contribution >= 4 is 23.3 Å². The van der Waals surface area contributed by atoms with Gasteiger partial charge in [0.15, 0.2) is 0 Å². The first-order valence-corrected chi connectivity index (χ1v) is 7.78. The standard InChI is InChI=1S/C13H19N3O4S/c1-2-13(10(17)18)4-3-5-16(8-13)11(19)14-6-9-7-21-12(20)15-9/h7H,2-6,8H2,1H3,(H,14,19)(H,15,20)(H,17,18). The van der Waals surface area contributed by atoms with Crippen LogP contribution in [0.4, 0.5) is 4.79 Å². The SMILES string of the molecule is CCC1(C(=O)O)CCCN(C(=O)NCc2csc(=O)[nH]2)C1. The van der Waals surface area contributed by atoms with Crippen molar-refractivity contribution in [2.45, 2.75) is 32.7 Å². The summed E-state index contributed by atoms with van der Waals surface area (Å²) in [4.78, 5) is 38.6. The highest BCUT2D eigenvalue weighted by Crippen LogP contribution is 2.33. The number of carboxylic acid groups (broad SMARTS) is 1. The van der Waals surface area contributed by atoms with Gasteiger partial charge in [0.25, 0.3) is 0 Å². The molecule has 1 fully saturated rings. The molecule has 116 valence electrons. The lowest BCUT2D eigenvalue weighted by atomic mass is 9.78. The quantitative estimate of drug-likeness (QED) is 0.777. The van der Waals surface area contributed by atoms with E-state index in [0.717, 1.165) is 11.3 Å². The van der Waals surface area contributed by atoms with E-state index in [2.05, 4.69) is 10.3 Å². The highest BCUT2D eigenvalue weighted by atomic mass is 32.1. The van der Waals surface area contributed by atoms with Gasteiger partial charge in [-0.1, -0.05) is 18.3 Å². The smallest absolute Gasteiger partial charge is 0.317 e. The fourth-order valence-corrected chi connectivity index (χ4v) is 3.18. The van der Waals surface area contributed by atoms with E-state index in [1.807, 2.05) is 6.92 Å².